The molecular weight excluding hydrogens is 781 g/mol. The summed E-state index contributed by atoms with van der Waals surface area (Å²) in [6.45, 7) is 0. The lowest BCUT2D eigenvalue weighted by atomic mass is 9.83. The smallest absolute Gasteiger partial charge is 0.159 e. The van der Waals surface area contributed by atoms with Crippen LogP contribution in [0.25, 0.3) is 55.0 Å². The maximum atomic E-state index is 7.00. The van der Waals surface area contributed by atoms with Crippen LogP contribution < -0.4 is 9.80 Å². The summed E-state index contributed by atoms with van der Waals surface area (Å²) in [5, 5.41) is 4.73. The fraction of sp³-hybridized carbons (Fsp3) is 0.200. The largest absolute Gasteiger partial charge is 0.454 e. The van der Waals surface area contributed by atoms with Crippen molar-refractivity contribution in [2.75, 3.05) is 9.80 Å². The molecular formula is C60H52N2O2. The molecule has 10 aromatic rings. The highest BCUT2D eigenvalue weighted by molar-refractivity contribution is 6.12. The van der Waals surface area contributed by atoms with Crippen molar-refractivity contribution in [2.24, 2.45) is 0 Å². The summed E-state index contributed by atoms with van der Waals surface area (Å²) >= 11 is 0. The number of rotatable bonds is 9. The number of hydrogen-bond donors (Lipinski definition) is 0. The normalized spacial score (nSPS) is 15.1. The second-order valence-electron chi connectivity index (χ2n) is 18.1. The first-order valence-electron chi connectivity index (χ1n) is 23.6. The van der Waals surface area contributed by atoms with E-state index in [1.165, 1.54) is 86.1 Å². The Kier molecular flexibility index (Phi) is 10.0. The molecule has 2 saturated carbocycles. The van der Waals surface area contributed by atoms with Gasteiger partial charge in [-0.3, -0.25) is 0 Å². The molecule has 0 bridgehead atoms. The highest BCUT2D eigenvalue weighted by atomic mass is 16.3. The van der Waals surface area contributed by atoms with Crippen molar-refractivity contribution < 1.29 is 8.83 Å². The van der Waals surface area contributed by atoms with Crippen molar-refractivity contribution in [3.8, 4) is 11.1 Å². The Hall–Kier alpha value is -7.04. The van der Waals surface area contributed by atoms with Gasteiger partial charge in [-0.25, -0.2) is 0 Å². The molecule has 2 aliphatic carbocycles. The molecule has 0 saturated heterocycles. The molecule has 2 fully saturated rings. The summed E-state index contributed by atoms with van der Waals surface area (Å²) in [6, 6.07) is 66.0. The summed E-state index contributed by atoms with van der Waals surface area (Å²) in [4.78, 5) is 4.68. The van der Waals surface area contributed by atoms with Gasteiger partial charge in [0.2, 0.25) is 0 Å². The van der Waals surface area contributed by atoms with Gasteiger partial charge in [0.25, 0.3) is 0 Å². The molecule has 0 aliphatic heterocycles. The van der Waals surface area contributed by atoms with Crippen LogP contribution in [0.2, 0.25) is 0 Å². The number of furan rings is 2. The molecule has 0 spiro atoms. The van der Waals surface area contributed by atoms with Gasteiger partial charge in [0.15, 0.2) is 11.2 Å². The molecule has 0 unspecified atom stereocenters. The van der Waals surface area contributed by atoms with E-state index in [0.717, 1.165) is 78.4 Å². The predicted octanol–water partition coefficient (Wildman–Crippen LogP) is 18.2. The van der Waals surface area contributed by atoms with E-state index < -0.39 is 0 Å². The molecule has 0 N–H and O–H groups in total. The molecule has 314 valence electrons. The van der Waals surface area contributed by atoms with Gasteiger partial charge < -0.3 is 18.6 Å². The van der Waals surface area contributed by atoms with Crippen LogP contribution in [0.4, 0.5) is 34.1 Å². The number of benzene rings is 8. The van der Waals surface area contributed by atoms with Crippen molar-refractivity contribution in [2.45, 2.75) is 76.0 Å². The van der Waals surface area contributed by atoms with Crippen molar-refractivity contribution in [1.82, 2.24) is 0 Å². The van der Waals surface area contributed by atoms with Gasteiger partial charge in [0.1, 0.15) is 11.2 Å². The summed E-state index contributed by atoms with van der Waals surface area (Å²) in [7, 11) is 0. The van der Waals surface area contributed by atoms with Gasteiger partial charge in [-0.15, -0.1) is 0 Å². The lowest BCUT2D eigenvalue weighted by Crippen LogP contribution is -2.10. The monoisotopic (exact) mass is 832 g/mol. The van der Waals surface area contributed by atoms with Gasteiger partial charge in [0.05, 0.1) is 11.4 Å². The number of anilines is 6. The topological polar surface area (TPSA) is 32.8 Å². The van der Waals surface area contributed by atoms with E-state index in [0.29, 0.717) is 11.8 Å². The van der Waals surface area contributed by atoms with Crippen LogP contribution in [0.15, 0.2) is 191 Å². The third-order valence-corrected chi connectivity index (χ3v) is 14.3. The first-order chi connectivity index (χ1) is 31.8. The molecule has 2 heterocycles. The molecule has 0 atom stereocenters. The van der Waals surface area contributed by atoms with Gasteiger partial charge in [-0.05, 0) is 120 Å². The molecule has 12 rings (SSSR count). The minimum Gasteiger partial charge on any atom is -0.454 e. The molecule has 2 aromatic heterocycles. The third kappa shape index (κ3) is 6.84. The lowest BCUT2D eigenvalue weighted by molar-refractivity contribution is 0.442. The molecule has 4 heteroatoms. The van der Waals surface area contributed by atoms with Gasteiger partial charge in [-0.2, -0.15) is 0 Å². The maximum absolute atomic E-state index is 7.00. The molecule has 0 radical (unpaired) electrons. The predicted molar refractivity (Wildman–Crippen MR) is 267 cm³/mol. The fourth-order valence-corrected chi connectivity index (χ4v) is 11.1. The first kappa shape index (κ1) is 38.6. The average molecular weight is 833 g/mol. The van der Waals surface area contributed by atoms with Crippen molar-refractivity contribution in [3.63, 3.8) is 0 Å². The van der Waals surface area contributed by atoms with Crippen LogP contribution in [-0.4, -0.2) is 0 Å². The SMILES string of the molecule is c1ccc(N(c2ccc(-c3ccc(N(c4ccccc4)c4cccc5c4oc4c(C6CCCCC6)cccc45)cc3)cc2)c2cccc3c2oc2c(C4CCCCC4)cccc23)cc1. The van der Waals surface area contributed by atoms with E-state index in [9.17, 15) is 0 Å². The summed E-state index contributed by atoms with van der Waals surface area (Å²) in [5.41, 5.74) is 15.4. The highest BCUT2D eigenvalue weighted by Gasteiger charge is 2.26. The van der Waals surface area contributed by atoms with E-state index in [-0.39, 0.29) is 0 Å². The van der Waals surface area contributed by atoms with Crippen LogP contribution in [0.3, 0.4) is 0 Å². The van der Waals surface area contributed by atoms with Crippen LogP contribution in [0.5, 0.6) is 0 Å². The molecule has 2 aliphatic rings. The Balaban J connectivity index is 0.902. The van der Waals surface area contributed by atoms with E-state index in [2.05, 4.69) is 192 Å². The number of fused-ring (bicyclic) bond motifs is 6. The van der Waals surface area contributed by atoms with E-state index in [1.54, 1.807) is 0 Å². The number of hydrogen-bond acceptors (Lipinski definition) is 4. The van der Waals surface area contributed by atoms with Crippen LogP contribution >= 0.6 is 0 Å². The Morgan fingerprint density at radius 2 is 0.641 bits per heavy atom. The fourth-order valence-electron chi connectivity index (χ4n) is 11.1. The van der Waals surface area contributed by atoms with E-state index in [4.69, 9.17) is 8.83 Å². The Bertz CT molecular complexity index is 3000. The van der Waals surface area contributed by atoms with Crippen LogP contribution in [0, 0.1) is 0 Å². The summed E-state index contributed by atoms with van der Waals surface area (Å²) < 4.78 is 14.0. The molecule has 8 aromatic carbocycles. The van der Waals surface area contributed by atoms with Crippen LogP contribution in [0.1, 0.15) is 87.2 Å². The van der Waals surface area contributed by atoms with Gasteiger partial charge in [-0.1, -0.05) is 160 Å². The van der Waals surface area contributed by atoms with E-state index in [1.807, 2.05) is 0 Å². The second-order valence-corrected chi connectivity index (χ2v) is 18.1. The zero-order valence-electron chi connectivity index (χ0n) is 36.3. The molecule has 4 nitrogen and oxygen atoms in total. The average Bonchev–Trinajstić information content (AvgIpc) is 3.96. The van der Waals surface area contributed by atoms with Crippen LogP contribution in [-0.2, 0) is 0 Å². The van der Waals surface area contributed by atoms with Gasteiger partial charge >= 0.3 is 0 Å². The minimum atomic E-state index is 0.555. The summed E-state index contributed by atoms with van der Waals surface area (Å²) in [6.07, 6.45) is 12.8. The van der Waals surface area contributed by atoms with Crippen molar-refractivity contribution in [3.05, 3.63) is 193 Å². The Labute approximate surface area is 375 Å². The molecule has 64 heavy (non-hydrogen) atoms. The third-order valence-electron chi connectivity index (χ3n) is 14.3. The van der Waals surface area contributed by atoms with Crippen molar-refractivity contribution >= 4 is 78.0 Å². The van der Waals surface area contributed by atoms with Crippen molar-refractivity contribution in [1.29, 1.82) is 0 Å². The number of nitrogens with zero attached hydrogens (tertiary/aromatic N) is 2. The Morgan fingerprint density at radius 3 is 1.03 bits per heavy atom. The minimum absolute atomic E-state index is 0.555. The first-order valence-corrected chi connectivity index (χ1v) is 23.6. The van der Waals surface area contributed by atoms with E-state index >= 15 is 0 Å². The standard InChI is InChI=1S/C60H52N2O2/c1-5-17-43(18-6-1)49-25-13-27-51-53-29-15-31-55(59(53)63-57(49)51)61(45-21-9-3-10-22-45)47-37-33-41(34-38-47)42-35-39-48(40-36-42)62(46-23-11-4-12-24-46)56-32-16-30-54-52-28-14-26-50(58(52)64-60(54)56)44-19-7-2-8-20-44/h3-4,9-16,21-40,43-44H,1-2,5-8,17-20H2. The lowest BCUT2D eigenvalue weighted by Gasteiger charge is -2.26. The van der Waals surface area contributed by atoms with Gasteiger partial charge in [0, 0.05) is 44.3 Å². The maximum Gasteiger partial charge on any atom is 0.159 e. The second kappa shape index (κ2) is 16.6. The summed E-state index contributed by atoms with van der Waals surface area (Å²) in [5.74, 6) is 1.11. The highest BCUT2D eigenvalue weighted by Crippen LogP contribution is 2.47. The number of para-hydroxylation sites is 6. The zero-order valence-corrected chi connectivity index (χ0v) is 36.3. The Morgan fingerprint density at radius 1 is 0.297 bits per heavy atom. The molecule has 0 amide bonds. The zero-order chi connectivity index (χ0) is 42.4. The quantitative estimate of drug-likeness (QED) is 0.145.